The highest BCUT2D eigenvalue weighted by atomic mass is 15.3. The molecule has 2 heterocycles. The average Bonchev–Trinajstić information content (AvgIpc) is 2.53. The van der Waals surface area contributed by atoms with Crippen molar-refractivity contribution in [2.24, 2.45) is 11.8 Å². The number of rotatable bonds is 3. The molecule has 110 valence electrons. The van der Waals surface area contributed by atoms with E-state index in [4.69, 9.17) is 5.84 Å². The molecule has 5 nitrogen and oxygen atoms in total. The van der Waals surface area contributed by atoms with Gasteiger partial charge in [0.25, 0.3) is 0 Å². The molecule has 1 aromatic heterocycles. The van der Waals surface area contributed by atoms with Crippen LogP contribution < -0.4 is 16.2 Å². The van der Waals surface area contributed by atoms with Gasteiger partial charge in [-0.05, 0) is 24.0 Å². The molecule has 2 aromatic rings. The van der Waals surface area contributed by atoms with Gasteiger partial charge in [0.1, 0.15) is 17.5 Å². The molecule has 0 fully saturated rings. The number of aromatic nitrogens is 2. The van der Waals surface area contributed by atoms with Gasteiger partial charge in [0, 0.05) is 24.7 Å². The zero-order chi connectivity index (χ0) is 14.8. The van der Waals surface area contributed by atoms with Crippen LogP contribution in [0.5, 0.6) is 0 Å². The number of nitrogen functional groups attached to an aromatic ring is 1. The van der Waals surface area contributed by atoms with Crippen LogP contribution in [0.3, 0.4) is 0 Å². The molecule has 21 heavy (non-hydrogen) atoms. The van der Waals surface area contributed by atoms with Crippen LogP contribution in [0.2, 0.25) is 0 Å². The van der Waals surface area contributed by atoms with Crippen molar-refractivity contribution in [3.8, 4) is 0 Å². The van der Waals surface area contributed by atoms with Gasteiger partial charge < -0.3 is 10.3 Å². The fourth-order valence-corrected chi connectivity index (χ4v) is 2.87. The quantitative estimate of drug-likeness (QED) is 0.669. The van der Waals surface area contributed by atoms with Crippen molar-refractivity contribution in [1.82, 2.24) is 9.97 Å². The smallest absolute Gasteiger partial charge is 0.145 e. The van der Waals surface area contributed by atoms with Gasteiger partial charge in [-0.3, -0.25) is 0 Å². The van der Waals surface area contributed by atoms with Crippen molar-refractivity contribution in [1.29, 1.82) is 0 Å². The Hall–Kier alpha value is -2.14. The summed E-state index contributed by atoms with van der Waals surface area (Å²) in [5.74, 6) is 8.50. The lowest BCUT2D eigenvalue weighted by atomic mass is 9.94. The van der Waals surface area contributed by atoms with E-state index >= 15 is 0 Å². The summed E-state index contributed by atoms with van der Waals surface area (Å²) in [4.78, 5) is 11.3. The maximum Gasteiger partial charge on any atom is 0.145 e. The lowest BCUT2D eigenvalue weighted by Crippen LogP contribution is -2.31. The minimum Gasteiger partial charge on any atom is -0.326 e. The third-order valence-corrected chi connectivity index (χ3v) is 3.84. The summed E-state index contributed by atoms with van der Waals surface area (Å²) < 4.78 is 0. The first-order chi connectivity index (χ1) is 10.2. The summed E-state index contributed by atoms with van der Waals surface area (Å²) in [6.45, 7) is 5.28. The Balaban J connectivity index is 2.08. The molecule has 0 saturated carbocycles. The van der Waals surface area contributed by atoms with Crippen LogP contribution in [0.15, 0.2) is 30.3 Å². The zero-order valence-corrected chi connectivity index (χ0v) is 12.5. The molecule has 0 saturated heterocycles. The Morgan fingerprint density at radius 1 is 1.33 bits per heavy atom. The summed E-state index contributed by atoms with van der Waals surface area (Å²) in [6.07, 6.45) is 1.90. The van der Waals surface area contributed by atoms with E-state index in [1.165, 1.54) is 11.3 Å². The van der Waals surface area contributed by atoms with Crippen molar-refractivity contribution in [3.05, 3.63) is 41.7 Å². The molecule has 0 aliphatic carbocycles. The average molecular weight is 283 g/mol. The highest BCUT2D eigenvalue weighted by Gasteiger charge is 2.24. The van der Waals surface area contributed by atoms with E-state index in [2.05, 4.69) is 51.5 Å². The second kappa shape index (κ2) is 5.69. The molecule has 1 aromatic carbocycles. The normalized spacial score (nSPS) is 17.5. The third kappa shape index (κ3) is 2.69. The van der Waals surface area contributed by atoms with Crippen LogP contribution in [0.4, 0.5) is 17.3 Å². The van der Waals surface area contributed by atoms with Crippen molar-refractivity contribution < 1.29 is 0 Å². The molecule has 0 bridgehead atoms. The number of para-hydroxylation sites is 1. The Morgan fingerprint density at radius 3 is 2.90 bits per heavy atom. The molecule has 3 rings (SSSR count). The predicted octanol–water partition coefficient (Wildman–Crippen LogP) is 2.65. The summed E-state index contributed by atoms with van der Waals surface area (Å²) in [5.41, 5.74) is 5.24. The topological polar surface area (TPSA) is 67.1 Å². The van der Waals surface area contributed by atoms with Gasteiger partial charge in [0.05, 0.1) is 0 Å². The fraction of sp³-hybridized carbons (Fsp3) is 0.375. The molecule has 1 unspecified atom stereocenters. The number of hydrogen-bond acceptors (Lipinski definition) is 5. The monoisotopic (exact) mass is 283 g/mol. The highest BCUT2D eigenvalue weighted by Crippen LogP contribution is 2.34. The molecule has 1 aliphatic heterocycles. The van der Waals surface area contributed by atoms with Crippen molar-refractivity contribution >= 4 is 17.3 Å². The summed E-state index contributed by atoms with van der Waals surface area (Å²) >= 11 is 0. The number of aryl methyl sites for hydroxylation is 1. The van der Waals surface area contributed by atoms with Crippen LogP contribution in [-0.2, 0) is 12.8 Å². The van der Waals surface area contributed by atoms with Crippen LogP contribution in [0, 0.1) is 5.92 Å². The van der Waals surface area contributed by atoms with E-state index in [9.17, 15) is 0 Å². The first-order valence-electron chi connectivity index (χ1n) is 7.41. The predicted molar refractivity (Wildman–Crippen MR) is 85.5 cm³/mol. The Morgan fingerprint density at radius 2 is 2.14 bits per heavy atom. The standard InChI is InChI=1S/C16H21N5/c1-3-14-18-15(20-17)9-16(19-14)21-10-11(2)8-12-6-4-5-7-13(12)21/h4-7,9,11H,3,8,10,17H2,1-2H3,(H,18,19,20). The maximum absolute atomic E-state index is 5.53. The number of nitrogens with zero attached hydrogens (tertiary/aromatic N) is 3. The van der Waals surface area contributed by atoms with Gasteiger partial charge in [0.2, 0.25) is 0 Å². The van der Waals surface area contributed by atoms with Crippen LogP contribution in [-0.4, -0.2) is 16.5 Å². The fourth-order valence-electron chi connectivity index (χ4n) is 2.87. The molecule has 0 spiro atoms. The van der Waals surface area contributed by atoms with E-state index in [1.807, 2.05) is 13.0 Å². The SMILES string of the molecule is CCc1nc(NN)cc(N2CC(C)Cc3ccccc32)n1. The molecule has 1 atom stereocenters. The second-order valence-corrected chi connectivity index (χ2v) is 5.57. The largest absolute Gasteiger partial charge is 0.326 e. The second-order valence-electron chi connectivity index (χ2n) is 5.57. The number of fused-ring (bicyclic) bond motifs is 1. The number of anilines is 3. The molecule has 5 heteroatoms. The van der Waals surface area contributed by atoms with E-state index in [-0.39, 0.29) is 0 Å². The van der Waals surface area contributed by atoms with Crippen LogP contribution in [0.1, 0.15) is 25.2 Å². The van der Waals surface area contributed by atoms with E-state index in [1.54, 1.807) is 0 Å². The summed E-state index contributed by atoms with van der Waals surface area (Å²) in [5, 5.41) is 0. The molecule has 1 aliphatic rings. The number of hydrazine groups is 1. The number of benzene rings is 1. The Bertz CT molecular complexity index is 618. The third-order valence-electron chi connectivity index (χ3n) is 3.84. The van der Waals surface area contributed by atoms with Gasteiger partial charge >= 0.3 is 0 Å². The van der Waals surface area contributed by atoms with Crippen LogP contribution in [0.25, 0.3) is 0 Å². The van der Waals surface area contributed by atoms with E-state index in [0.717, 1.165) is 31.0 Å². The molecular formula is C16H21N5. The highest BCUT2D eigenvalue weighted by molar-refractivity contribution is 5.67. The summed E-state index contributed by atoms with van der Waals surface area (Å²) in [6, 6.07) is 10.4. The van der Waals surface area contributed by atoms with Gasteiger partial charge in [-0.25, -0.2) is 15.8 Å². The minimum absolute atomic E-state index is 0.592. The van der Waals surface area contributed by atoms with E-state index in [0.29, 0.717) is 11.7 Å². The Labute approximate surface area is 125 Å². The lowest BCUT2D eigenvalue weighted by molar-refractivity contribution is 0.559. The minimum atomic E-state index is 0.592. The molecule has 0 radical (unpaired) electrons. The van der Waals surface area contributed by atoms with Gasteiger partial charge in [-0.1, -0.05) is 32.0 Å². The number of nitrogens with one attached hydrogen (secondary N) is 1. The van der Waals surface area contributed by atoms with Crippen molar-refractivity contribution in [2.45, 2.75) is 26.7 Å². The lowest BCUT2D eigenvalue weighted by Gasteiger charge is -2.34. The maximum atomic E-state index is 5.53. The van der Waals surface area contributed by atoms with Crippen molar-refractivity contribution in [3.63, 3.8) is 0 Å². The first-order valence-corrected chi connectivity index (χ1v) is 7.41. The number of hydrogen-bond donors (Lipinski definition) is 2. The molecule has 0 amide bonds. The van der Waals surface area contributed by atoms with Crippen molar-refractivity contribution in [2.75, 3.05) is 16.9 Å². The van der Waals surface area contributed by atoms with Crippen LogP contribution >= 0.6 is 0 Å². The van der Waals surface area contributed by atoms with Gasteiger partial charge in [-0.2, -0.15) is 0 Å². The summed E-state index contributed by atoms with van der Waals surface area (Å²) in [7, 11) is 0. The van der Waals surface area contributed by atoms with Gasteiger partial charge in [-0.15, -0.1) is 0 Å². The number of nitrogens with two attached hydrogens (primary N) is 1. The molecular weight excluding hydrogens is 262 g/mol. The Kier molecular flexibility index (Phi) is 3.75. The molecule has 3 N–H and O–H groups in total. The zero-order valence-electron chi connectivity index (χ0n) is 12.5. The first kappa shape index (κ1) is 13.8. The van der Waals surface area contributed by atoms with E-state index < -0.39 is 0 Å². The van der Waals surface area contributed by atoms with Gasteiger partial charge in [0.15, 0.2) is 0 Å².